The quantitative estimate of drug-likeness (QED) is 0.673. The zero-order valence-electron chi connectivity index (χ0n) is 7.59. The summed E-state index contributed by atoms with van der Waals surface area (Å²) >= 11 is 0. The van der Waals surface area contributed by atoms with Crippen LogP contribution in [0.1, 0.15) is 23.0 Å². The predicted molar refractivity (Wildman–Crippen MR) is 50.8 cm³/mol. The molecule has 66 valence electrons. The summed E-state index contributed by atoms with van der Waals surface area (Å²) in [6.07, 6.45) is 0. The van der Waals surface area contributed by atoms with Crippen LogP contribution in [0.25, 0.3) is 10.9 Å². The molecule has 0 unspecified atom stereocenters. The first-order valence-corrected chi connectivity index (χ1v) is 4.15. The number of H-pyrrole nitrogens is 1. The number of ketones is 1. The Kier molecular flexibility index (Phi) is 1.65. The lowest BCUT2D eigenvalue weighted by Gasteiger charge is -1.97. The van der Waals surface area contributed by atoms with Gasteiger partial charge in [0, 0.05) is 16.6 Å². The van der Waals surface area contributed by atoms with Gasteiger partial charge in [0.25, 0.3) is 0 Å². The summed E-state index contributed by atoms with van der Waals surface area (Å²) in [5.41, 5.74) is 2.54. The number of benzene rings is 1. The number of rotatable bonds is 1. The van der Waals surface area contributed by atoms with Crippen molar-refractivity contribution in [2.75, 3.05) is 0 Å². The normalized spacial score (nSPS) is 10.6. The first kappa shape index (κ1) is 7.98. The van der Waals surface area contributed by atoms with Gasteiger partial charge in [-0.1, -0.05) is 12.1 Å². The number of hydrogen-bond acceptors (Lipinski definition) is 2. The smallest absolute Gasteiger partial charge is 0.160 e. The van der Waals surface area contributed by atoms with Crippen LogP contribution in [0.4, 0.5) is 0 Å². The average molecular weight is 174 g/mol. The third-order valence-electron chi connectivity index (χ3n) is 2.14. The summed E-state index contributed by atoms with van der Waals surface area (Å²) in [6.45, 7) is 3.49. The summed E-state index contributed by atoms with van der Waals surface area (Å²) in [7, 11) is 0. The molecule has 1 aromatic carbocycles. The van der Waals surface area contributed by atoms with Gasteiger partial charge in [0.1, 0.15) is 0 Å². The fourth-order valence-electron chi connectivity index (χ4n) is 1.52. The van der Waals surface area contributed by atoms with E-state index in [1.807, 2.05) is 25.1 Å². The van der Waals surface area contributed by atoms with E-state index in [1.54, 1.807) is 6.92 Å². The minimum absolute atomic E-state index is 0.0788. The lowest BCUT2D eigenvalue weighted by atomic mass is 10.1. The minimum Gasteiger partial charge on any atom is -0.294 e. The van der Waals surface area contributed by atoms with Gasteiger partial charge in [-0.25, -0.2) is 0 Å². The Hall–Kier alpha value is -1.64. The fourth-order valence-corrected chi connectivity index (χ4v) is 1.52. The van der Waals surface area contributed by atoms with E-state index in [-0.39, 0.29) is 5.78 Å². The van der Waals surface area contributed by atoms with Crippen LogP contribution in [0.3, 0.4) is 0 Å². The molecule has 0 bridgehead atoms. The van der Waals surface area contributed by atoms with Crippen LogP contribution in [-0.2, 0) is 0 Å². The molecule has 0 aliphatic heterocycles. The van der Waals surface area contributed by atoms with Crippen LogP contribution in [0, 0.1) is 6.92 Å². The number of nitrogens with zero attached hydrogens (tertiary/aromatic N) is 1. The Labute approximate surface area is 75.8 Å². The van der Waals surface area contributed by atoms with Gasteiger partial charge in [0.2, 0.25) is 0 Å². The Bertz CT molecular complexity index is 471. The van der Waals surface area contributed by atoms with Gasteiger partial charge in [0.15, 0.2) is 5.78 Å². The Morgan fingerprint density at radius 1 is 1.46 bits per heavy atom. The molecular weight excluding hydrogens is 164 g/mol. The van der Waals surface area contributed by atoms with E-state index >= 15 is 0 Å². The molecule has 13 heavy (non-hydrogen) atoms. The number of fused-ring (bicyclic) bond motifs is 1. The summed E-state index contributed by atoms with van der Waals surface area (Å²) in [4.78, 5) is 11.3. The third kappa shape index (κ3) is 1.13. The zero-order chi connectivity index (χ0) is 9.42. The third-order valence-corrected chi connectivity index (χ3v) is 2.14. The summed E-state index contributed by atoms with van der Waals surface area (Å²) < 4.78 is 0. The number of carbonyl (C=O) groups is 1. The highest BCUT2D eigenvalue weighted by atomic mass is 16.1. The molecule has 2 rings (SSSR count). The number of aromatic amines is 1. The standard InChI is InChI=1S/C10H10N2O/c1-6-10-8(7(2)13)4-3-5-9(10)12-11-6/h3-5H,1-2H3,(H,11,12). The largest absolute Gasteiger partial charge is 0.294 e. The highest BCUT2D eigenvalue weighted by molar-refractivity contribution is 6.07. The Morgan fingerprint density at radius 3 is 2.92 bits per heavy atom. The second-order valence-corrected chi connectivity index (χ2v) is 3.10. The molecule has 1 heterocycles. The summed E-state index contributed by atoms with van der Waals surface area (Å²) in [5, 5.41) is 7.89. The maximum Gasteiger partial charge on any atom is 0.160 e. The maximum atomic E-state index is 11.3. The van der Waals surface area contributed by atoms with Gasteiger partial charge in [-0.2, -0.15) is 5.10 Å². The average Bonchev–Trinajstić information content (AvgIpc) is 2.48. The van der Waals surface area contributed by atoms with Crippen molar-refractivity contribution in [1.29, 1.82) is 0 Å². The van der Waals surface area contributed by atoms with Crippen LogP contribution in [0.2, 0.25) is 0 Å². The topological polar surface area (TPSA) is 45.8 Å². The molecule has 0 aliphatic rings. The van der Waals surface area contributed by atoms with Crippen molar-refractivity contribution < 1.29 is 4.79 Å². The van der Waals surface area contributed by atoms with E-state index in [1.165, 1.54) is 0 Å². The molecule has 1 N–H and O–H groups in total. The number of aryl methyl sites for hydroxylation is 1. The van der Waals surface area contributed by atoms with Crippen LogP contribution >= 0.6 is 0 Å². The number of carbonyl (C=O) groups excluding carboxylic acids is 1. The van der Waals surface area contributed by atoms with Crippen molar-refractivity contribution in [2.45, 2.75) is 13.8 Å². The molecule has 0 spiro atoms. The minimum atomic E-state index is 0.0788. The molecule has 2 aromatic rings. The molecule has 3 nitrogen and oxygen atoms in total. The molecule has 1 aromatic heterocycles. The SMILES string of the molecule is CC(=O)c1cccc2n[nH]c(C)c12. The number of Topliss-reactive ketones (excluding diaryl/α,β-unsaturated/α-hetero) is 1. The van der Waals surface area contributed by atoms with Gasteiger partial charge in [0.05, 0.1) is 5.52 Å². The Morgan fingerprint density at radius 2 is 2.23 bits per heavy atom. The van der Waals surface area contributed by atoms with Gasteiger partial charge < -0.3 is 0 Å². The lowest BCUT2D eigenvalue weighted by Crippen LogP contribution is -1.92. The van der Waals surface area contributed by atoms with Crippen LogP contribution in [-0.4, -0.2) is 16.0 Å². The predicted octanol–water partition coefficient (Wildman–Crippen LogP) is 2.07. The molecule has 0 fully saturated rings. The van der Waals surface area contributed by atoms with E-state index < -0.39 is 0 Å². The molecule has 0 saturated heterocycles. The zero-order valence-corrected chi connectivity index (χ0v) is 7.59. The van der Waals surface area contributed by atoms with Crippen molar-refractivity contribution in [2.24, 2.45) is 0 Å². The van der Waals surface area contributed by atoms with E-state index in [4.69, 9.17) is 0 Å². The highest BCUT2D eigenvalue weighted by Crippen LogP contribution is 2.20. The molecule has 0 aliphatic carbocycles. The van der Waals surface area contributed by atoms with Gasteiger partial charge in [-0.05, 0) is 19.9 Å². The number of hydrogen-bond donors (Lipinski definition) is 1. The van der Waals surface area contributed by atoms with E-state index in [0.29, 0.717) is 0 Å². The van der Waals surface area contributed by atoms with Gasteiger partial charge in [-0.3, -0.25) is 9.89 Å². The van der Waals surface area contributed by atoms with E-state index in [0.717, 1.165) is 22.2 Å². The van der Waals surface area contributed by atoms with Crippen molar-refractivity contribution in [3.05, 3.63) is 29.5 Å². The van der Waals surface area contributed by atoms with Crippen LogP contribution in [0.5, 0.6) is 0 Å². The molecule has 0 saturated carbocycles. The second-order valence-electron chi connectivity index (χ2n) is 3.10. The maximum absolute atomic E-state index is 11.3. The van der Waals surface area contributed by atoms with Crippen molar-refractivity contribution in [1.82, 2.24) is 10.2 Å². The Balaban J connectivity index is 2.88. The van der Waals surface area contributed by atoms with Crippen LogP contribution in [0.15, 0.2) is 18.2 Å². The van der Waals surface area contributed by atoms with Crippen LogP contribution < -0.4 is 0 Å². The van der Waals surface area contributed by atoms with Crippen molar-refractivity contribution >= 4 is 16.7 Å². The summed E-state index contributed by atoms with van der Waals surface area (Å²) in [5.74, 6) is 0.0788. The highest BCUT2D eigenvalue weighted by Gasteiger charge is 2.09. The first-order valence-electron chi connectivity index (χ1n) is 4.15. The molecule has 0 atom stereocenters. The van der Waals surface area contributed by atoms with Crippen molar-refractivity contribution in [3.63, 3.8) is 0 Å². The summed E-state index contributed by atoms with van der Waals surface area (Å²) in [6, 6.07) is 5.57. The van der Waals surface area contributed by atoms with Gasteiger partial charge in [-0.15, -0.1) is 0 Å². The fraction of sp³-hybridized carbons (Fsp3) is 0.200. The molecular formula is C10H10N2O. The second kappa shape index (κ2) is 2.69. The monoisotopic (exact) mass is 174 g/mol. The molecule has 3 heteroatoms. The molecule has 0 amide bonds. The van der Waals surface area contributed by atoms with Crippen molar-refractivity contribution in [3.8, 4) is 0 Å². The van der Waals surface area contributed by atoms with Gasteiger partial charge >= 0.3 is 0 Å². The first-order chi connectivity index (χ1) is 6.20. The number of aromatic nitrogens is 2. The van der Waals surface area contributed by atoms with E-state index in [2.05, 4.69) is 10.2 Å². The lowest BCUT2D eigenvalue weighted by molar-refractivity contribution is 0.101. The number of nitrogens with one attached hydrogen (secondary N) is 1. The van der Waals surface area contributed by atoms with E-state index in [9.17, 15) is 4.79 Å². The molecule has 0 radical (unpaired) electrons.